The number of hydrogen-bond acceptors (Lipinski definition) is 3. The van der Waals surface area contributed by atoms with Crippen molar-refractivity contribution < 1.29 is 19.4 Å². The van der Waals surface area contributed by atoms with Crippen LogP contribution in [0.4, 0.5) is 4.79 Å². The summed E-state index contributed by atoms with van der Waals surface area (Å²) < 4.78 is 5.31. The van der Waals surface area contributed by atoms with E-state index in [0.717, 1.165) is 24.0 Å². The van der Waals surface area contributed by atoms with Gasteiger partial charge in [0.2, 0.25) is 0 Å². The van der Waals surface area contributed by atoms with Gasteiger partial charge in [-0.2, -0.15) is 0 Å². The molecular weight excluding hydrogens is 246 g/mol. The number of nitrogens with zero attached hydrogens (tertiary/aromatic N) is 1. The molecule has 0 aromatic heterocycles. The Hall–Kier alpha value is -1.52. The molecule has 5 nitrogen and oxygen atoms in total. The number of ether oxygens (including phenoxy) is 1. The van der Waals surface area contributed by atoms with E-state index >= 15 is 0 Å². The maximum atomic E-state index is 11.9. The maximum absolute atomic E-state index is 11.9. The fourth-order valence-electron chi connectivity index (χ4n) is 2.06. The monoisotopic (exact) mass is 269 g/mol. The van der Waals surface area contributed by atoms with Gasteiger partial charge < -0.3 is 14.7 Å². The summed E-state index contributed by atoms with van der Waals surface area (Å²) in [6, 6.07) is 0. The molecule has 1 heterocycles. The number of carboxylic acids is 1. The van der Waals surface area contributed by atoms with E-state index in [4.69, 9.17) is 9.84 Å². The Morgan fingerprint density at radius 3 is 2.21 bits per heavy atom. The van der Waals surface area contributed by atoms with Crippen LogP contribution in [-0.4, -0.2) is 40.8 Å². The van der Waals surface area contributed by atoms with Crippen LogP contribution in [0.25, 0.3) is 0 Å². The summed E-state index contributed by atoms with van der Waals surface area (Å²) in [5, 5.41) is 8.76. The Kier molecular flexibility index (Phi) is 4.97. The zero-order valence-electron chi connectivity index (χ0n) is 12.2. The topological polar surface area (TPSA) is 66.8 Å². The fraction of sp³-hybridized carbons (Fsp3) is 0.714. The lowest BCUT2D eigenvalue weighted by atomic mass is 9.97. The minimum absolute atomic E-state index is 0.0851. The van der Waals surface area contributed by atoms with Crippen LogP contribution < -0.4 is 0 Å². The smallest absolute Gasteiger partial charge is 0.410 e. The lowest BCUT2D eigenvalue weighted by molar-refractivity contribution is -0.136. The molecule has 1 fully saturated rings. The summed E-state index contributed by atoms with van der Waals surface area (Å²) in [4.78, 5) is 24.2. The van der Waals surface area contributed by atoms with Crippen molar-refractivity contribution in [1.82, 2.24) is 4.90 Å². The quantitative estimate of drug-likeness (QED) is 0.783. The maximum Gasteiger partial charge on any atom is 0.410 e. The number of hydrogen-bond donors (Lipinski definition) is 1. The minimum atomic E-state index is -0.806. The van der Waals surface area contributed by atoms with E-state index in [0.29, 0.717) is 13.1 Å². The van der Waals surface area contributed by atoms with Crippen molar-refractivity contribution in [2.45, 2.75) is 52.6 Å². The highest BCUT2D eigenvalue weighted by Gasteiger charge is 2.25. The molecule has 5 heteroatoms. The number of likely N-dealkylation sites (tertiary alicyclic amines) is 1. The third-order valence-electron chi connectivity index (χ3n) is 3.04. The highest BCUT2D eigenvalue weighted by molar-refractivity contribution is 5.70. The molecule has 0 aromatic carbocycles. The average molecular weight is 269 g/mol. The van der Waals surface area contributed by atoms with Crippen LogP contribution >= 0.6 is 0 Å². The van der Waals surface area contributed by atoms with Crippen molar-refractivity contribution in [3.05, 3.63) is 11.1 Å². The first-order valence-electron chi connectivity index (χ1n) is 6.56. The van der Waals surface area contributed by atoms with E-state index in [1.165, 1.54) is 0 Å². The molecule has 0 unspecified atom stereocenters. The standard InChI is InChI=1S/C14H23NO4/c1-10(9-12(16)17)11-5-7-15(8-6-11)13(18)19-14(2,3)4/h5-9H2,1-4H3,(H,16,17). The number of amides is 1. The summed E-state index contributed by atoms with van der Waals surface area (Å²) >= 11 is 0. The molecule has 19 heavy (non-hydrogen) atoms. The summed E-state index contributed by atoms with van der Waals surface area (Å²) in [5.41, 5.74) is 1.59. The Morgan fingerprint density at radius 1 is 1.26 bits per heavy atom. The van der Waals surface area contributed by atoms with Crippen LogP contribution in [0.15, 0.2) is 11.1 Å². The molecule has 0 radical (unpaired) electrons. The Labute approximate surface area is 114 Å². The van der Waals surface area contributed by atoms with E-state index in [9.17, 15) is 9.59 Å². The van der Waals surface area contributed by atoms with Gasteiger partial charge in [0.25, 0.3) is 0 Å². The largest absolute Gasteiger partial charge is 0.481 e. The number of carbonyl (C=O) groups excluding carboxylic acids is 1. The van der Waals surface area contributed by atoms with Gasteiger partial charge in [0, 0.05) is 13.1 Å². The molecule has 108 valence electrons. The number of rotatable bonds is 2. The highest BCUT2D eigenvalue weighted by Crippen LogP contribution is 2.23. The third kappa shape index (κ3) is 5.32. The van der Waals surface area contributed by atoms with Crippen molar-refractivity contribution in [2.75, 3.05) is 13.1 Å². The van der Waals surface area contributed by atoms with Crippen LogP contribution in [0.2, 0.25) is 0 Å². The second-order valence-corrected chi connectivity index (χ2v) is 5.92. The lowest BCUT2D eigenvalue weighted by Crippen LogP contribution is -2.40. The van der Waals surface area contributed by atoms with Gasteiger partial charge in [0.1, 0.15) is 5.60 Å². The SMILES string of the molecule is CC(CC(=O)O)=C1CCN(C(=O)OC(C)(C)C)CC1. The van der Waals surface area contributed by atoms with Crippen LogP contribution in [0.3, 0.4) is 0 Å². The third-order valence-corrected chi connectivity index (χ3v) is 3.04. The van der Waals surface area contributed by atoms with Gasteiger partial charge in [-0.1, -0.05) is 11.1 Å². The molecule has 0 atom stereocenters. The van der Waals surface area contributed by atoms with Crippen LogP contribution in [0.1, 0.15) is 47.0 Å². The molecule has 1 saturated heterocycles. The Bertz CT molecular complexity index is 383. The molecule has 1 aliphatic rings. The molecule has 0 aromatic rings. The molecule has 1 aliphatic heterocycles. The summed E-state index contributed by atoms with van der Waals surface area (Å²) in [7, 11) is 0. The highest BCUT2D eigenvalue weighted by atomic mass is 16.6. The van der Waals surface area contributed by atoms with E-state index < -0.39 is 11.6 Å². The molecule has 0 aliphatic carbocycles. The van der Waals surface area contributed by atoms with Crippen LogP contribution in [0, 0.1) is 0 Å². The lowest BCUT2D eigenvalue weighted by Gasteiger charge is -2.31. The van der Waals surface area contributed by atoms with Gasteiger partial charge in [-0.3, -0.25) is 4.79 Å². The molecule has 1 amide bonds. The summed E-state index contributed by atoms with van der Waals surface area (Å²) in [5.74, 6) is -0.806. The van der Waals surface area contributed by atoms with E-state index in [1.807, 2.05) is 27.7 Å². The predicted octanol–water partition coefficient (Wildman–Crippen LogP) is 2.81. The number of carboxylic acid groups (broad SMARTS) is 1. The van der Waals surface area contributed by atoms with Crippen molar-refractivity contribution in [3.8, 4) is 0 Å². The predicted molar refractivity (Wildman–Crippen MR) is 72.0 cm³/mol. The Balaban J connectivity index is 2.53. The first-order valence-corrected chi connectivity index (χ1v) is 6.56. The van der Waals surface area contributed by atoms with Crippen molar-refractivity contribution in [2.24, 2.45) is 0 Å². The van der Waals surface area contributed by atoms with Crippen molar-refractivity contribution in [3.63, 3.8) is 0 Å². The fourth-order valence-corrected chi connectivity index (χ4v) is 2.06. The summed E-state index contributed by atoms with van der Waals surface area (Å²) in [6.45, 7) is 8.58. The van der Waals surface area contributed by atoms with Gasteiger partial charge in [0.05, 0.1) is 6.42 Å². The second kappa shape index (κ2) is 6.08. The molecule has 0 spiro atoms. The van der Waals surface area contributed by atoms with Gasteiger partial charge in [-0.15, -0.1) is 0 Å². The van der Waals surface area contributed by atoms with E-state index in [1.54, 1.807) is 4.90 Å². The first kappa shape index (κ1) is 15.5. The average Bonchev–Trinajstić information content (AvgIpc) is 2.26. The summed E-state index contributed by atoms with van der Waals surface area (Å²) in [6.07, 6.45) is 1.26. The number of aliphatic carboxylic acids is 1. The van der Waals surface area contributed by atoms with Crippen LogP contribution in [0.5, 0.6) is 0 Å². The van der Waals surface area contributed by atoms with Gasteiger partial charge in [0.15, 0.2) is 0 Å². The van der Waals surface area contributed by atoms with E-state index in [-0.39, 0.29) is 12.5 Å². The van der Waals surface area contributed by atoms with Crippen molar-refractivity contribution in [1.29, 1.82) is 0 Å². The molecule has 0 bridgehead atoms. The van der Waals surface area contributed by atoms with Crippen molar-refractivity contribution >= 4 is 12.1 Å². The second-order valence-electron chi connectivity index (χ2n) is 5.92. The minimum Gasteiger partial charge on any atom is -0.481 e. The molecular formula is C14H23NO4. The molecule has 1 rings (SSSR count). The van der Waals surface area contributed by atoms with E-state index in [2.05, 4.69) is 0 Å². The van der Waals surface area contributed by atoms with Crippen LogP contribution in [-0.2, 0) is 9.53 Å². The number of piperidine rings is 1. The van der Waals surface area contributed by atoms with Gasteiger partial charge >= 0.3 is 12.1 Å². The normalized spacial score (nSPS) is 16.2. The Morgan fingerprint density at radius 2 is 1.79 bits per heavy atom. The molecule has 0 saturated carbocycles. The van der Waals surface area contributed by atoms with Gasteiger partial charge in [-0.05, 0) is 40.5 Å². The van der Waals surface area contributed by atoms with Gasteiger partial charge in [-0.25, -0.2) is 4.79 Å². The zero-order valence-corrected chi connectivity index (χ0v) is 12.2. The first-order chi connectivity index (χ1) is 8.69. The molecule has 1 N–H and O–H groups in total. The number of carbonyl (C=O) groups is 2. The zero-order chi connectivity index (χ0) is 14.6.